The Bertz CT molecular complexity index is 683. The minimum absolute atomic E-state index is 0.00819. The van der Waals surface area contributed by atoms with Gasteiger partial charge in [0.05, 0.1) is 24.5 Å². The average Bonchev–Trinajstić information content (AvgIpc) is 2.47. The summed E-state index contributed by atoms with van der Waals surface area (Å²) in [6.07, 6.45) is 2.45. The van der Waals surface area contributed by atoms with Crippen LogP contribution in [-0.4, -0.2) is 56.6 Å². The Morgan fingerprint density at radius 3 is 1.24 bits per heavy atom. The summed E-state index contributed by atoms with van der Waals surface area (Å²) in [6.45, 7) is 39.8. The van der Waals surface area contributed by atoms with Gasteiger partial charge in [0.2, 0.25) is 8.32 Å². The van der Waals surface area contributed by atoms with E-state index in [-0.39, 0.29) is 20.5 Å². The number of hydrogen-bond donors (Lipinski definition) is 2. The summed E-state index contributed by atoms with van der Waals surface area (Å²) >= 11 is 0. The van der Waals surface area contributed by atoms with Crippen LogP contribution in [0.4, 0.5) is 0 Å². The zero-order chi connectivity index (χ0) is 28.0. The minimum Gasteiger partial charge on any atom is -0.412 e. The van der Waals surface area contributed by atoms with Crippen LogP contribution in [0.15, 0.2) is 0 Å². The third-order valence-corrected chi connectivity index (χ3v) is 25.2. The van der Waals surface area contributed by atoms with E-state index in [4.69, 9.17) is 8.85 Å². The third-order valence-electron chi connectivity index (χ3n) is 9.60. The summed E-state index contributed by atoms with van der Waals surface area (Å²) in [5.41, 5.74) is -1.43. The maximum atomic E-state index is 10.6. The standard InChI is InChI=1S/C27H62O4Si3/c1-19-27(12,21-23(4,5)29)34(17,18)31-26(10,11)33(15,16)30-25(8,9)32(13,14)24(6,7)20-22(2,3)28/h28-29H,19-21H2,1-18H3. The van der Waals surface area contributed by atoms with Crippen LogP contribution >= 0.6 is 0 Å². The molecule has 4 nitrogen and oxygen atoms in total. The Labute approximate surface area is 216 Å². The third kappa shape index (κ3) is 7.99. The number of hydrogen-bond acceptors (Lipinski definition) is 4. The van der Waals surface area contributed by atoms with Crippen molar-refractivity contribution >= 4 is 24.7 Å². The summed E-state index contributed by atoms with van der Waals surface area (Å²) in [6, 6.07) is 0. The molecule has 0 aliphatic heterocycles. The van der Waals surface area contributed by atoms with E-state index in [1.807, 2.05) is 27.7 Å². The highest BCUT2D eigenvalue weighted by molar-refractivity contribution is 6.84. The predicted octanol–water partition coefficient (Wildman–Crippen LogP) is 8.05. The van der Waals surface area contributed by atoms with E-state index in [1.165, 1.54) is 0 Å². The lowest BCUT2D eigenvalue weighted by Gasteiger charge is -2.57. The molecule has 1 atom stereocenters. The molecular formula is C27H62O4Si3. The summed E-state index contributed by atoms with van der Waals surface area (Å²) in [5.74, 6) is 0. The van der Waals surface area contributed by atoms with Gasteiger partial charge in [-0.25, -0.2) is 0 Å². The summed E-state index contributed by atoms with van der Waals surface area (Å²) in [7, 11) is -6.60. The van der Waals surface area contributed by atoms with Crippen molar-refractivity contribution in [2.45, 2.75) is 173 Å². The summed E-state index contributed by atoms with van der Waals surface area (Å²) in [4.78, 5) is 0. The molecule has 0 fully saturated rings. The average molecular weight is 535 g/mol. The van der Waals surface area contributed by atoms with Crippen LogP contribution in [0.3, 0.4) is 0 Å². The predicted molar refractivity (Wildman–Crippen MR) is 157 cm³/mol. The Morgan fingerprint density at radius 2 is 0.912 bits per heavy atom. The van der Waals surface area contributed by atoms with Crippen LogP contribution < -0.4 is 0 Å². The molecule has 0 heterocycles. The normalized spacial score (nSPS) is 17.6. The van der Waals surface area contributed by atoms with Crippen molar-refractivity contribution in [1.82, 2.24) is 0 Å². The lowest BCUT2D eigenvalue weighted by Crippen LogP contribution is -2.68. The van der Waals surface area contributed by atoms with Crippen molar-refractivity contribution in [1.29, 1.82) is 0 Å². The largest absolute Gasteiger partial charge is 0.412 e. The molecule has 0 aromatic rings. The maximum absolute atomic E-state index is 10.6. The van der Waals surface area contributed by atoms with Crippen LogP contribution in [0.5, 0.6) is 0 Å². The first-order chi connectivity index (χ1) is 14.4. The Balaban J connectivity index is 6.10. The van der Waals surface area contributed by atoms with Gasteiger partial charge in [0.25, 0.3) is 0 Å². The highest BCUT2D eigenvalue weighted by atomic mass is 28.4. The first kappa shape index (κ1) is 34.5. The molecule has 0 rings (SSSR count). The zero-order valence-corrected chi connectivity index (χ0v) is 29.3. The maximum Gasteiger partial charge on any atom is 0.216 e. The molecule has 1 unspecified atom stereocenters. The van der Waals surface area contributed by atoms with Crippen LogP contribution in [0.25, 0.3) is 0 Å². The van der Waals surface area contributed by atoms with Crippen LogP contribution in [-0.2, 0) is 8.85 Å². The van der Waals surface area contributed by atoms with Gasteiger partial charge in [-0.2, -0.15) is 0 Å². The lowest BCUT2D eigenvalue weighted by atomic mass is 9.92. The van der Waals surface area contributed by atoms with Crippen molar-refractivity contribution in [2.24, 2.45) is 0 Å². The molecule has 0 aliphatic rings. The molecule has 0 aromatic heterocycles. The molecule has 0 aromatic carbocycles. The van der Waals surface area contributed by atoms with Crippen molar-refractivity contribution in [3.8, 4) is 0 Å². The number of aliphatic hydroxyl groups is 2. The van der Waals surface area contributed by atoms with Crippen molar-refractivity contribution in [3.05, 3.63) is 0 Å². The second kappa shape index (κ2) is 9.99. The lowest BCUT2D eigenvalue weighted by molar-refractivity contribution is 0.0451. The van der Waals surface area contributed by atoms with Gasteiger partial charge in [-0.15, -0.1) is 0 Å². The van der Waals surface area contributed by atoms with E-state index in [1.54, 1.807) is 0 Å². The van der Waals surface area contributed by atoms with Crippen LogP contribution in [0, 0.1) is 0 Å². The monoisotopic (exact) mass is 534 g/mol. The van der Waals surface area contributed by atoms with Gasteiger partial charge in [-0.05, 0) is 104 Å². The van der Waals surface area contributed by atoms with E-state index in [0.29, 0.717) is 0 Å². The SMILES string of the molecule is CCC(C)(CC(C)(C)O)[Si](C)(C)OC(C)(C)[Si](C)(C)OC(C)(C)[Si](C)(C)C(C)(C)CC(C)(C)O. The van der Waals surface area contributed by atoms with Gasteiger partial charge in [-0.1, -0.05) is 47.2 Å². The molecule has 206 valence electrons. The van der Waals surface area contributed by atoms with Gasteiger partial charge in [0.1, 0.15) is 0 Å². The molecule has 34 heavy (non-hydrogen) atoms. The number of rotatable bonds is 13. The molecule has 0 saturated carbocycles. The first-order valence-electron chi connectivity index (χ1n) is 13.2. The smallest absolute Gasteiger partial charge is 0.216 e. The fraction of sp³-hybridized carbons (Fsp3) is 1.00. The molecule has 0 saturated heterocycles. The van der Waals surface area contributed by atoms with Gasteiger partial charge in [0.15, 0.2) is 8.32 Å². The Hall–Kier alpha value is 0.491. The highest BCUT2D eigenvalue weighted by Gasteiger charge is 2.58. The van der Waals surface area contributed by atoms with Gasteiger partial charge < -0.3 is 19.1 Å². The van der Waals surface area contributed by atoms with Gasteiger partial charge >= 0.3 is 0 Å². The minimum atomic E-state index is -2.35. The molecule has 2 N–H and O–H groups in total. The fourth-order valence-corrected chi connectivity index (χ4v) is 16.4. The Morgan fingerprint density at radius 1 is 0.559 bits per heavy atom. The summed E-state index contributed by atoms with van der Waals surface area (Å²) < 4.78 is 14.4. The van der Waals surface area contributed by atoms with Gasteiger partial charge in [0, 0.05) is 5.22 Å². The second-order valence-electron chi connectivity index (χ2n) is 15.6. The molecule has 0 amide bonds. The summed E-state index contributed by atoms with van der Waals surface area (Å²) in [5, 5.41) is 20.5. The van der Waals surface area contributed by atoms with Crippen molar-refractivity contribution in [3.63, 3.8) is 0 Å². The molecule has 0 radical (unpaired) electrons. The fourth-order valence-electron chi connectivity index (χ4n) is 5.61. The van der Waals surface area contributed by atoms with E-state index in [2.05, 4.69) is 94.7 Å². The first-order valence-corrected chi connectivity index (χ1v) is 22.1. The van der Waals surface area contributed by atoms with E-state index >= 15 is 0 Å². The molecule has 0 bridgehead atoms. The molecular weight excluding hydrogens is 473 g/mol. The quantitative estimate of drug-likeness (QED) is 0.235. The van der Waals surface area contributed by atoms with Crippen LogP contribution in [0.1, 0.15) is 102 Å². The Kier molecular flexibility index (Phi) is 10.1. The molecule has 0 spiro atoms. The van der Waals surface area contributed by atoms with E-state index in [9.17, 15) is 10.2 Å². The van der Waals surface area contributed by atoms with E-state index in [0.717, 1.165) is 19.3 Å². The highest BCUT2D eigenvalue weighted by Crippen LogP contribution is 2.52. The van der Waals surface area contributed by atoms with Crippen molar-refractivity contribution in [2.75, 3.05) is 0 Å². The topological polar surface area (TPSA) is 58.9 Å². The zero-order valence-electron chi connectivity index (χ0n) is 26.3. The molecule has 7 heteroatoms. The van der Waals surface area contributed by atoms with Crippen molar-refractivity contribution < 1.29 is 19.1 Å². The van der Waals surface area contributed by atoms with Crippen LogP contribution in [0.2, 0.25) is 49.4 Å². The second-order valence-corrected chi connectivity index (χ2v) is 30.3. The molecule has 0 aliphatic carbocycles. The van der Waals surface area contributed by atoms with E-state index < -0.39 is 35.9 Å². The van der Waals surface area contributed by atoms with Gasteiger partial charge in [-0.3, -0.25) is 0 Å².